The molecule has 39 heavy (non-hydrogen) atoms. The van der Waals surface area contributed by atoms with Crippen LogP contribution in [0.15, 0.2) is 18.2 Å². The molecule has 0 saturated carbocycles. The number of carbonyl (C=O) groups is 1. The SMILES string of the molecule is COc1cc2c(cc1C(=O)O[C@H]1O[C@@H](CO[C@@H]3O[C@H](CO)[C@@H](O)[C@H](O)[C@H]3O)[C@@H](O)[C@H](O)[C@@H]1O)C=CC(C)(C)O2. The van der Waals surface area contributed by atoms with Crippen molar-refractivity contribution in [1.29, 1.82) is 0 Å². The number of fused-ring (bicyclic) bond motifs is 1. The Kier molecular flexibility index (Phi) is 8.82. The third-order valence-corrected chi connectivity index (χ3v) is 6.75. The Morgan fingerprint density at radius 2 is 1.51 bits per heavy atom. The van der Waals surface area contributed by atoms with Crippen LogP contribution in [0.1, 0.15) is 29.8 Å². The van der Waals surface area contributed by atoms with Gasteiger partial charge in [-0.05, 0) is 26.0 Å². The Morgan fingerprint density at radius 3 is 2.15 bits per heavy atom. The normalized spacial score (nSPS) is 37.5. The lowest BCUT2D eigenvalue weighted by molar-refractivity contribution is -0.325. The van der Waals surface area contributed by atoms with Crippen molar-refractivity contribution in [2.45, 2.75) is 80.9 Å². The van der Waals surface area contributed by atoms with E-state index in [4.69, 9.17) is 28.4 Å². The van der Waals surface area contributed by atoms with E-state index >= 15 is 0 Å². The van der Waals surface area contributed by atoms with Gasteiger partial charge in [0.1, 0.15) is 71.5 Å². The summed E-state index contributed by atoms with van der Waals surface area (Å²) >= 11 is 0. The molecule has 0 radical (unpaired) electrons. The monoisotopic (exact) mass is 558 g/mol. The van der Waals surface area contributed by atoms with Gasteiger partial charge in [-0.2, -0.15) is 0 Å². The Morgan fingerprint density at radius 1 is 0.897 bits per heavy atom. The standard InChI is InChI=1S/C25H34O14/c1-25(2)5-4-10-6-11(13(34-3)7-12(10)39-25)22(33)38-24-21(32)19(30)17(28)15(37-24)9-35-23-20(31)18(29)16(27)14(8-26)36-23/h4-7,14-21,23-24,26-32H,8-9H2,1-3H3/t14-,15+,16-,17-,18+,19+,20-,21+,23-,24-/m1/s1. The van der Waals surface area contributed by atoms with E-state index in [1.807, 2.05) is 19.9 Å². The molecule has 10 atom stereocenters. The Labute approximate surface area is 223 Å². The minimum atomic E-state index is -1.83. The summed E-state index contributed by atoms with van der Waals surface area (Å²) in [6.07, 6.45) is -12.7. The van der Waals surface area contributed by atoms with Crippen LogP contribution in [0.5, 0.6) is 11.5 Å². The molecular weight excluding hydrogens is 524 g/mol. The van der Waals surface area contributed by atoms with Crippen molar-refractivity contribution in [3.63, 3.8) is 0 Å². The second kappa shape index (κ2) is 11.6. The van der Waals surface area contributed by atoms with E-state index in [1.54, 1.807) is 6.08 Å². The van der Waals surface area contributed by atoms with Gasteiger partial charge in [0, 0.05) is 11.6 Å². The molecule has 3 heterocycles. The van der Waals surface area contributed by atoms with Gasteiger partial charge in [-0.15, -0.1) is 0 Å². The van der Waals surface area contributed by atoms with Crippen molar-refractivity contribution in [2.75, 3.05) is 20.3 Å². The Hall–Kier alpha value is -2.37. The van der Waals surface area contributed by atoms with E-state index in [0.717, 1.165) is 0 Å². The van der Waals surface area contributed by atoms with Crippen LogP contribution in [0.3, 0.4) is 0 Å². The fourth-order valence-corrected chi connectivity index (χ4v) is 4.45. The molecule has 2 saturated heterocycles. The highest BCUT2D eigenvalue weighted by atomic mass is 16.7. The van der Waals surface area contributed by atoms with Crippen LogP contribution >= 0.6 is 0 Å². The largest absolute Gasteiger partial charge is 0.496 e. The van der Waals surface area contributed by atoms with Crippen LogP contribution in [0, 0.1) is 0 Å². The highest BCUT2D eigenvalue weighted by Gasteiger charge is 2.48. The van der Waals surface area contributed by atoms with Gasteiger partial charge in [0.2, 0.25) is 6.29 Å². The van der Waals surface area contributed by atoms with E-state index in [2.05, 4.69) is 0 Å². The lowest BCUT2D eigenvalue weighted by atomic mass is 9.98. The van der Waals surface area contributed by atoms with Gasteiger partial charge in [-0.25, -0.2) is 4.79 Å². The average Bonchev–Trinajstić information content (AvgIpc) is 2.90. The van der Waals surface area contributed by atoms with E-state index in [0.29, 0.717) is 11.3 Å². The fourth-order valence-electron chi connectivity index (χ4n) is 4.45. The van der Waals surface area contributed by atoms with Gasteiger partial charge in [-0.1, -0.05) is 6.08 Å². The van der Waals surface area contributed by atoms with Crippen molar-refractivity contribution in [1.82, 2.24) is 0 Å². The van der Waals surface area contributed by atoms with Crippen LogP contribution in [0.2, 0.25) is 0 Å². The number of aliphatic hydroxyl groups is 7. The molecular formula is C25H34O14. The number of hydrogen-bond donors (Lipinski definition) is 7. The van der Waals surface area contributed by atoms with Crippen LogP contribution < -0.4 is 9.47 Å². The maximum atomic E-state index is 13.1. The van der Waals surface area contributed by atoms with E-state index in [1.165, 1.54) is 19.2 Å². The first-order valence-corrected chi connectivity index (χ1v) is 12.3. The number of carbonyl (C=O) groups excluding carboxylic acids is 1. The molecule has 14 nitrogen and oxygen atoms in total. The van der Waals surface area contributed by atoms with Gasteiger partial charge in [0.15, 0.2) is 6.29 Å². The highest BCUT2D eigenvalue weighted by molar-refractivity contribution is 5.94. The number of esters is 1. The average molecular weight is 559 g/mol. The molecule has 7 N–H and O–H groups in total. The summed E-state index contributed by atoms with van der Waals surface area (Å²) in [5.74, 6) is -0.360. The zero-order chi connectivity index (χ0) is 28.6. The zero-order valence-corrected chi connectivity index (χ0v) is 21.5. The lowest BCUT2D eigenvalue weighted by Crippen LogP contribution is -2.61. The number of hydrogen-bond acceptors (Lipinski definition) is 14. The molecule has 4 rings (SSSR count). The quantitative estimate of drug-likeness (QED) is 0.175. The summed E-state index contributed by atoms with van der Waals surface area (Å²) < 4.78 is 32.6. The number of benzene rings is 1. The molecule has 0 aliphatic carbocycles. The maximum absolute atomic E-state index is 13.1. The third kappa shape index (κ3) is 6.05. The minimum Gasteiger partial charge on any atom is -0.496 e. The van der Waals surface area contributed by atoms with Crippen molar-refractivity contribution in [3.05, 3.63) is 29.3 Å². The summed E-state index contributed by atoms with van der Waals surface area (Å²) in [7, 11) is 1.35. The summed E-state index contributed by atoms with van der Waals surface area (Å²) in [6.45, 7) is 2.48. The highest BCUT2D eigenvalue weighted by Crippen LogP contribution is 2.37. The van der Waals surface area contributed by atoms with Crippen molar-refractivity contribution in [3.8, 4) is 11.5 Å². The number of methoxy groups -OCH3 is 1. The smallest absolute Gasteiger partial charge is 0.344 e. The van der Waals surface area contributed by atoms with Gasteiger partial charge in [0.05, 0.1) is 20.3 Å². The third-order valence-electron chi connectivity index (χ3n) is 6.75. The van der Waals surface area contributed by atoms with Crippen LogP contribution in [0.25, 0.3) is 6.08 Å². The molecule has 0 spiro atoms. The fraction of sp³-hybridized carbons (Fsp3) is 0.640. The number of rotatable bonds is 7. The van der Waals surface area contributed by atoms with Crippen molar-refractivity contribution in [2.24, 2.45) is 0 Å². The predicted molar refractivity (Wildman–Crippen MR) is 129 cm³/mol. The van der Waals surface area contributed by atoms with E-state index < -0.39 is 86.2 Å². The molecule has 1 aromatic rings. The van der Waals surface area contributed by atoms with Gasteiger partial charge < -0.3 is 64.2 Å². The Bertz CT molecular complexity index is 1060. The first-order chi connectivity index (χ1) is 18.4. The number of ether oxygens (including phenoxy) is 6. The first-order valence-electron chi connectivity index (χ1n) is 12.3. The van der Waals surface area contributed by atoms with Crippen molar-refractivity contribution < 1.29 is 69.0 Å². The topological polar surface area (TPSA) is 214 Å². The minimum absolute atomic E-state index is 0.0188. The lowest BCUT2D eigenvalue weighted by Gasteiger charge is -2.42. The summed E-state index contributed by atoms with van der Waals surface area (Å²) in [5, 5.41) is 70.4. The molecule has 0 bridgehead atoms. The summed E-state index contributed by atoms with van der Waals surface area (Å²) in [4.78, 5) is 13.1. The van der Waals surface area contributed by atoms with Gasteiger partial charge in [0.25, 0.3) is 0 Å². The van der Waals surface area contributed by atoms with Crippen LogP contribution in [-0.2, 0) is 18.9 Å². The first kappa shape index (κ1) is 29.6. The van der Waals surface area contributed by atoms with Gasteiger partial charge in [-0.3, -0.25) is 0 Å². The molecule has 0 amide bonds. The summed E-state index contributed by atoms with van der Waals surface area (Å²) in [6, 6.07) is 2.99. The van der Waals surface area contributed by atoms with Crippen LogP contribution in [-0.4, -0.2) is 129 Å². The second-order valence-corrected chi connectivity index (χ2v) is 10.1. The van der Waals surface area contributed by atoms with E-state index in [9.17, 15) is 40.5 Å². The van der Waals surface area contributed by atoms with E-state index in [-0.39, 0.29) is 11.3 Å². The second-order valence-electron chi connectivity index (χ2n) is 10.1. The van der Waals surface area contributed by atoms with Crippen LogP contribution in [0.4, 0.5) is 0 Å². The zero-order valence-electron chi connectivity index (χ0n) is 21.5. The van der Waals surface area contributed by atoms with Crippen molar-refractivity contribution >= 4 is 12.0 Å². The van der Waals surface area contributed by atoms with Gasteiger partial charge >= 0.3 is 5.97 Å². The molecule has 1 aromatic carbocycles. The molecule has 2 fully saturated rings. The molecule has 14 heteroatoms. The predicted octanol–water partition coefficient (Wildman–Crippen LogP) is -2.34. The molecule has 218 valence electrons. The molecule has 0 aromatic heterocycles. The molecule has 3 aliphatic heterocycles. The summed E-state index contributed by atoms with van der Waals surface area (Å²) in [5.41, 5.74) is -0.00722. The maximum Gasteiger partial charge on any atom is 0.344 e. The molecule has 3 aliphatic rings. The Balaban J connectivity index is 1.46. The molecule has 0 unspecified atom stereocenters. The number of aliphatic hydroxyl groups excluding tert-OH is 7.